The molecular formula is C20H28N6O4S. The Hall–Kier alpha value is -2.79. The zero-order valence-electron chi connectivity index (χ0n) is 17.8. The minimum Gasteiger partial charge on any atom is -0.444 e. The van der Waals surface area contributed by atoms with Gasteiger partial charge in [-0.3, -0.25) is 4.79 Å². The third kappa shape index (κ3) is 5.88. The second kappa shape index (κ2) is 9.56. The Morgan fingerprint density at radius 2 is 2.19 bits per heavy atom. The van der Waals surface area contributed by atoms with Crippen LogP contribution in [0.4, 0.5) is 10.6 Å². The van der Waals surface area contributed by atoms with E-state index in [1.54, 1.807) is 31.9 Å². The van der Waals surface area contributed by atoms with Gasteiger partial charge in [0.2, 0.25) is 0 Å². The first-order chi connectivity index (χ1) is 14.7. The molecule has 2 aromatic heterocycles. The lowest BCUT2D eigenvalue weighted by Crippen LogP contribution is -2.55. The molecule has 0 saturated carbocycles. The van der Waals surface area contributed by atoms with E-state index in [1.165, 1.54) is 12.5 Å². The summed E-state index contributed by atoms with van der Waals surface area (Å²) in [5.74, 6) is 0.0987. The van der Waals surface area contributed by atoms with E-state index in [9.17, 15) is 14.7 Å². The van der Waals surface area contributed by atoms with E-state index in [2.05, 4.69) is 38.2 Å². The van der Waals surface area contributed by atoms with Crippen LogP contribution in [0.5, 0.6) is 0 Å². The number of aromatic amines is 1. The summed E-state index contributed by atoms with van der Waals surface area (Å²) in [5.41, 5.74) is 0.0432. The summed E-state index contributed by atoms with van der Waals surface area (Å²) < 4.78 is 5.31. The van der Waals surface area contributed by atoms with Gasteiger partial charge in [0.25, 0.3) is 5.91 Å². The first kappa shape index (κ1) is 22.9. The van der Waals surface area contributed by atoms with Crippen molar-refractivity contribution in [2.45, 2.75) is 38.8 Å². The van der Waals surface area contributed by atoms with Gasteiger partial charge >= 0.3 is 6.09 Å². The molecule has 2 aromatic rings. The Bertz CT molecular complexity index is 970. The fourth-order valence-corrected chi connectivity index (χ4v) is 3.58. The van der Waals surface area contributed by atoms with Crippen LogP contribution >= 0.6 is 12.6 Å². The number of aliphatic hydroxyl groups excluding tert-OH is 1. The van der Waals surface area contributed by atoms with E-state index in [4.69, 9.17) is 4.74 Å². The zero-order valence-corrected chi connectivity index (χ0v) is 18.6. The predicted octanol–water partition coefficient (Wildman–Crippen LogP) is 1.88. The third-order valence-electron chi connectivity index (χ3n) is 4.90. The standard InChI is InChI=1S/C20H28N6O4S/c1-20(2,3)30-19(29)25-14-9-26(7-5-12(14)10-27)18(28)15(31)8-22-17-13-4-6-21-16(13)23-11-24-17/h4,6,8,11-12,14,27,31H,5,7,9-10H2,1-3H3,(H,25,29)(H2,21,22,23,24)/b15-8-/t12?,14-/m0/s1. The van der Waals surface area contributed by atoms with Crippen molar-refractivity contribution in [3.63, 3.8) is 0 Å². The first-order valence-electron chi connectivity index (χ1n) is 10.0. The molecule has 1 fully saturated rings. The molecule has 10 nitrogen and oxygen atoms in total. The number of carbonyl (C=O) groups excluding carboxylic acids is 2. The second-order valence-corrected chi connectivity index (χ2v) is 8.85. The lowest BCUT2D eigenvalue weighted by Gasteiger charge is -2.38. The van der Waals surface area contributed by atoms with Crippen molar-refractivity contribution >= 4 is 41.5 Å². The van der Waals surface area contributed by atoms with Crippen molar-refractivity contribution < 1.29 is 19.4 Å². The number of fused-ring (bicyclic) bond motifs is 1. The fourth-order valence-electron chi connectivity index (χ4n) is 3.37. The highest BCUT2D eigenvalue weighted by molar-refractivity contribution is 7.85. The SMILES string of the molecule is CC(C)(C)OC(=O)N[C@H]1CN(C(=O)/C(S)=C/Nc2ncnc3[nH]ccc23)CCC1CO. The van der Waals surface area contributed by atoms with E-state index in [0.717, 1.165) is 5.39 Å². The molecule has 168 valence electrons. The molecule has 2 amide bonds. The van der Waals surface area contributed by atoms with Crippen LogP contribution in [-0.4, -0.2) is 68.3 Å². The number of ether oxygens (including phenoxy) is 1. The van der Waals surface area contributed by atoms with Crippen LogP contribution in [0.15, 0.2) is 29.7 Å². The number of nitrogens with zero attached hydrogens (tertiary/aromatic N) is 3. The summed E-state index contributed by atoms with van der Waals surface area (Å²) in [5, 5.41) is 16.2. The van der Waals surface area contributed by atoms with Crippen LogP contribution in [0.25, 0.3) is 11.0 Å². The number of nitrogens with one attached hydrogen (secondary N) is 3. The molecule has 31 heavy (non-hydrogen) atoms. The summed E-state index contributed by atoms with van der Waals surface area (Å²) in [7, 11) is 0. The molecule has 3 rings (SSSR count). The zero-order chi connectivity index (χ0) is 22.6. The predicted molar refractivity (Wildman–Crippen MR) is 120 cm³/mol. The molecule has 4 N–H and O–H groups in total. The van der Waals surface area contributed by atoms with E-state index < -0.39 is 17.7 Å². The average Bonchev–Trinajstić information content (AvgIpc) is 3.19. The molecule has 0 spiro atoms. The Balaban J connectivity index is 1.65. The Labute approximate surface area is 185 Å². The van der Waals surface area contributed by atoms with Crippen LogP contribution in [0.3, 0.4) is 0 Å². The molecule has 0 radical (unpaired) electrons. The van der Waals surface area contributed by atoms with Crippen LogP contribution < -0.4 is 10.6 Å². The Morgan fingerprint density at radius 3 is 2.90 bits per heavy atom. The number of amides is 2. The quantitative estimate of drug-likeness (QED) is 0.348. The molecule has 0 aromatic carbocycles. The number of hydrogen-bond donors (Lipinski definition) is 5. The molecule has 0 aliphatic carbocycles. The fraction of sp³-hybridized carbons (Fsp3) is 0.500. The molecule has 11 heteroatoms. The first-order valence-corrected chi connectivity index (χ1v) is 10.5. The van der Waals surface area contributed by atoms with Gasteiger partial charge in [-0.15, -0.1) is 12.6 Å². The van der Waals surface area contributed by atoms with Gasteiger partial charge in [-0.1, -0.05) is 0 Å². The van der Waals surface area contributed by atoms with Crippen LogP contribution in [-0.2, 0) is 9.53 Å². The molecule has 1 aliphatic heterocycles. The number of thiol groups is 1. The molecule has 3 heterocycles. The lowest BCUT2D eigenvalue weighted by molar-refractivity contribution is -0.128. The lowest BCUT2D eigenvalue weighted by atomic mass is 9.92. The molecule has 2 atom stereocenters. The third-order valence-corrected chi connectivity index (χ3v) is 5.22. The summed E-state index contributed by atoms with van der Waals surface area (Å²) >= 11 is 4.34. The number of alkyl carbamates (subject to hydrolysis) is 1. The number of likely N-dealkylation sites (tertiary alicyclic amines) is 1. The van der Waals surface area contributed by atoms with Gasteiger partial charge in [0, 0.05) is 38.0 Å². The number of hydrogen-bond acceptors (Lipinski definition) is 8. The number of carbonyl (C=O) groups is 2. The number of anilines is 1. The smallest absolute Gasteiger partial charge is 0.407 e. The van der Waals surface area contributed by atoms with Crippen molar-refractivity contribution in [1.29, 1.82) is 0 Å². The van der Waals surface area contributed by atoms with Gasteiger partial charge in [0.05, 0.1) is 16.3 Å². The number of rotatable bonds is 5. The highest BCUT2D eigenvalue weighted by Crippen LogP contribution is 2.22. The molecule has 1 unspecified atom stereocenters. The topological polar surface area (TPSA) is 132 Å². The van der Waals surface area contributed by atoms with E-state index in [0.29, 0.717) is 24.4 Å². The maximum absolute atomic E-state index is 12.9. The number of aromatic nitrogens is 3. The van der Waals surface area contributed by atoms with Crippen molar-refractivity contribution in [3.8, 4) is 0 Å². The summed E-state index contributed by atoms with van der Waals surface area (Å²) in [6, 6.07) is 1.41. The minimum atomic E-state index is -0.637. The molecular weight excluding hydrogens is 420 g/mol. The van der Waals surface area contributed by atoms with Gasteiger partial charge in [-0.2, -0.15) is 0 Å². The van der Waals surface area contributed by atoms with Crippen LogP contribution in [0.2, 0.25) is 0 Å². The van der Waals surface area contributed by atoms with Gasteiger partial charge < -0.3 is 30.4 Å². The summed E-state index contributed by atoms with van der Waals surface area (Å²) in [6.07, 6.45) is 4.63. The molecule has 1 aliphatic rings. The van der Waals surface area contributed by atoms with Gasteiger partial charge in [0.15, 0.2) is 0 Å². The normalized spacial score (nSPS) is 19.9. The van der Waals surface area contributed by atoms with Gasteiger partial charge in [-0.05, 0) is 33.3 Å². The highest BCUT2D eigenvalue weighted by atomic mass is 32.1. The van der Waals surface area contributed by atoms with Crippen molar-refractivity contribution in [1.82, 2.24) is 25.2 Å². The van der Waals surface area contributed by atoms with Gasteiger partial charge in [-0.25, -0.2) is 14.8 Å². The van der Waals surface area contributed by atoms with E-state index in [-0.39, 0.29) is 29.9 Å². The highest BCUT2D eigenvalue weighted by Gasteiger charge is 2.33. The van der Waals surface area contributed by atoms with Crippen LogP contribution in [0.1, 0.15) is 27.2 Å². The van der Waals surface area contributed by atoms with E-state index in [1.807, 2.05) is 6.07 Å². The van der Waals surface area contributed by atoms with Crippen molar-refractivity contribution in [3.05, 3.63) is 29.7 Å². The average molecular weight is 449 g/mol. The van der Waals surface area contributed by atoms with E-state index >= 15 is 0 Å². The van der Waals surface area contributed by atoms with Crippen molar-refractivity contribution in [2.24, 2.45) is 5.92 Å². The maximum atomic E-state index is 12.9. The monoisotopic (exact) mass is 448 g/mol. The molecule has 1 saturated heterocycles. The Kier molecular flexibility index (Phi) is 7.06. The largest absolute Gasteiger partial charge is 0.444 e. The minimum absolute atomic E-state index is 0.0893. The summed E-state index contributed by atoms with van der Waals surface area (Å²) in [6.45, 7) is 5.93. The van der Waals surface area contributed by atoms with Crippen LogP contribution in [0, 0.1) is 5.92 Å². The summed E-state index contributed by atoms with van der Waals surface area (Å²) in [4.78, 5) is 38.1. The number of H-pyrrole nitrogens is 1. The maximum Gasteiger partial charge on any atom is 0.407 e. The van der Waals surface area contributed by atoms with Gasteiger partial charge in [0.1, 0.15) is 23.4 Å². The number of piperidine rings is 1. The Morgan fingerprint density at radius 1 is 1.42 bits per heavy atom. The number of aliphatic hydroxyl groups is 1. The van der Waals surface area contributed by atoms with Crippen molar-refractivity contribution in [2.75, 3.05) is 25.0 Å². The second-order valence-electron chi connectivity index (χ2n) is 8.37. The molecule has 0 bridgehead atoms.